The van der Waals surface area contributed by atoms with Crippen molar-refractivity contribution in [2.24, 2.45) is 5.92 Å². The van der Waals surface area contributed by atoms with Crippen LogP contribution in [0.2, 0.25) is 0 Å². The maximum absolute atomic E-state index is 5.46. The topological polar surface area (TPSA) is 21.7 Å². The van der Waals surface area contributed by atoms with Crippen LogP contribution >= 0.6 is 0 Å². The molecule has 1 fully saturated rings. The molecule has 21 heavy (non-hydrogen) atoms. The summed E-state index contributed by atoms with van der Waals surface area (Å²) in [6.45, 7) is 4.64. The molecule has 1 aromatic carbocycles. The minimum Gasteiger partial charge on any atom is -0.493 e. The summed E-state index contributed by atoms with van der Waals surface area (Å²) in [5.74, 6) is 2.60. The van der Waals surface area contributed by atoms with Gasteiger partial charge in [-0.3, -0.25) is 4.90 Å². The van der Waals surface area contributed by atoms with E-state index in [1.165, 1.54) is 43.4 Å². The van der Waals surface area contributed by atoms with Crippen LogP contribution in [-0.4, -0.2) is 31.7 Å². The highest BCUT2D eigenvalue weighted by Crippen LogP contribution is 2.35. The van der Waals surface area contributed by atoms with Crippen molar-refractivity contribution in [3.05, 3.63) is 23.3 Å². The van der Waals surface area contributed by atoms with Gasteiger partial charge in [0.15, 0.2) is 11.5 Å². The summed E-state index contributed by atoms with van der Waals surface area (Å²) in [5, 5.41) is 0. The Kier molecular flexibility index (Phi) is 4.39. The van der Waals surface area contributed by atoms with Gasteiger partial charge in [0.2, 0.25) is 0 Å². The van der Waals surface area contributed by atoms with Crippen molar-refractivity contribution in [1.29, 1.82) is 0 Å². The van der Waals surface area contributed by atoms with Gasteiger partial charge in [-0.2, -0.15) is 0 Å². The first-order valence-corrected chi connectivity index (χ1v) is 8.19. The Morgan fingerprint density at radius 3 is 2.43 bits per heavy atom. The standard InChI is InChI=1S/C18H27NO2/c1-13-5-4-6-16(9-13)19-8-7-14-10-17(20-2)18(21-3)11-15(14)12-19/h10-11,13,16H,4-9,12H2,1-3H3/t13-,16-/m1/s1. The fourth-order valence-corrected chi connectivity index (χ4v) is 3.95. The lowest BCUT2D eigenvalue weighted by atomic mass is 9.85. The monoisotopic (exact) mass is 289 g/mol. The van der Waals surface area contributed by atoms with Crippen molar-refractivity contribution in [3.8, 4) is 11.5 Å². The third-order valence-electron chi connectivity index (χ3n) is 5.17. The summed E-state index contributed by atoms with van der Waals surface area (Å²) in [4.78, 5) is 2.68. The molecule has 0 aromatic heterocycles. The Hall–Kier alpha value is -1.22. The molecule has 1 aliphatic carbocycles. The van der Waals surface area contributed by atoms with Gasteiger partial charge in [0.25, 0.3) is 0 Å². The van der Waals surface area contributed by atoms with Crippen molar-refractivity contribution < 1.29 is 9.47 Å². The van der Waals surface area contributed by atoms with Crippen molar-refractivity contribution in [2.45, 2.75) is 51.6 Å². The minimum absolute atomic E-state index is 0.773. The molecule has 0 saturated heterocycles. The number of nitrogens with zero attached hydrogens (tertiary/aromatic N) is 1. The summed E-state index contributed by atoms with van der Waals surface area (Å²) in [6, 6.07) is 5.11. The van der Waals surface area contributed by atoms with Crippen LogP contribution in [0.25, 0.3) is 0 Å². The fraction of sp³-hybridized carbons (Fsp3) is 0.667. The van der Waals surface area contributed by atoms with Gasteiger partial charge in [0.05, 0.1) is 14.2 Å². The van der Waals surface area contributed by atoms with Crippen molar-refractivity contribution in [3.63, 3.8) is 0 Å². The van der Waals surface area contributed by atoms with Gasteiger partial charge in [-0.15, -0.1) is 0 Å². The number of rotatable bonds is 3. The maximum atomic E-state index is 5.46. The molecule has 2 aliphatic rings. The van der Waals surface area contributed by atoms with Crippen molar-refractivity contribution >= 4 is 0 Å². The summed E-state index contributed by atoms with van der Waals surface area (Å²) >= 11 is 0. The second kappa shape index (κ2) is 6.27. The highest BCUT2D eigenvalue weighted by atomic mass is 16.5. The Morgan fingerprint density at radius 2 is 1.76 bits per heavy atom. The summed E-state index contributed by atoms with van der Waals surface area (Å²) < 4.78 is 10.9. The average molecular weight is 289 g/mol. The fourth-order valence-electron chi connectivity index (χ4n) is 3.95. The van der Waals surface area contributed by atoms with Crippen LogP contribution in [-0.2, 0) is 13.0 Å². The Morgan fingerprint density at radius 1 is 1.05 bits per heavy atom. The predicted octanol–water partition coefficient (Wildman–Crippen LogP) is 3.64. The predicted molar refractivity (Wildman–Crippen MR) is 85.1 cm³/mol. The largest absolute Gasteiger partial charge is 0.493 e. The van der Waals surface area contributed by atoms with E-state index < -0.39 is 0 Å². The first kappa shape index (κ1) is 14.7. The second-order valence-corrected chi connectivity index (χ2v) is 6.62. The Bertz CT molecular complexity index is 500. The molecule has 3 rings (SSSR count). The number of methoxy groups -OCH3 is 2. The minimum atomic E-state index is 0.773. The van der Waals surface area contributed by atoms with Gasteiger partial charge < -0.3 is 9.47 Å². The number of benzene rings is 1. The third kappa shape index (κ3) is 3.03. The van der Waals surface area contributed by atoms with E-state index in [0.29, 0.717) is 0 Å². The molecule has 0 bridgehead atoms. The van der Waals surface area contributed by atoms with E-state index in [9.17, 15) is 0 Å². The van der Waals surface area contributed by atoms with Crippen molar-refractivity contribution in [1.82, 2.24) is 4.90 Å². The van der Waals surface area contributed by atoms with Crippen LogP contribution in [0.1, 0.15) is 43.7 Å². The first-order valence-electron chi connectivity index (χ1n) is 8.19. The van der Waals surface area contributed by atoms with Gasteiger partial charge in [-0.25, -0.2) is 0 Å². The molecular weight excluding hydrogens is 262 g/mol. The molecule has 0 radical (unpaired) electrons. The summed E-state index contributed by atoms with van der Waals surface area (Å²) in [6.07, 6.45) is 6.66. The molecule has 0 unspecified atom stereocenters. The lowest BCUT2D eigenvalue weighted by Crippen LogP contribution is -2.41. The third-order valence-corrected chi connectivity index (χ3v) is 5.17. The lowest BCUT2D eigenvalue weighted by Gasteiger charge is -2.39. The van der Waals surface area contributed by atoms with Crippen molar-refractivity contribution in [2.75, 3.05) is 20.8 Å². The van der Waals surface area contributed by atoms with E-state index in [2.05, 4.69) is 24.0 Å². The first-order chi connectivity index (χ1) is 10.2. The molecule has 1 aliphatic heterocycles. The molecule has 3 heteroatoms. The lowest BCUT2D eigenvalue weighted by molar-refractivity contribution is 0.121. The van der Waals surface area contributed by atoms with Gasteiger partial charge in [-0.05, 0) is 48.4 Å². The van der Waals surface area contributed by atoms with Crippen LogP contribution in [0.5, 0.6) is 11.5 Å². The zero-order valence-electron chi connectivity index (χ0n) is 13.5. The van der Waals surface area contributed by atoms with Gasteiger partial charge in [0.1, 0.15) is 0 Å². The van der Waals surface area contributed by atoms with Crippen LogP contribution < -0.4 is 9.47 Å². The van der Waals surface area contributed by atoms with Gasteiger partial charge >= 0.3 is 0 Å². The normalized spacial score (nSPS) is 26.2. The molecule has 2 atom stereocenters. The smallest absolute Gasteiger partial charge is 0.161 e. The van der Waals surface area contributed by atoms with E-state index in [1.54, 1.807) is 14.2 Å². The summed E-state index contributed by atoms with van der Waals surface area (Å²) in [5.41, 5.74) is 2.84. The van der Waals surface area contributed by atoms with Crippen LogP contribution in [0.15, 0.2) is 12.1 Å². The number of ether oxygens (including phenoxy) is 2. The van der Waals surface area contributed by atoms with Crippen LogP contribution in [0.4, 0.5) is 0 Å². The van der Waals surface area contributed by atoms with Gasteiger partial charge in [-0.1, -0.05) is 19.8 Å². The van der Waals surface area contributed by atoms with Crippen LogP contribution in [0, 0.1) is 5.92 Å². The van der Waals surface area contributed by atoms with E-state index in [0.717, 1.165) is 36.4 Å². The molecule has 3 nitrogen and oxygen atoms in total. The SMILES string of the molecule is COc1cc2c(cc1OC)CN([C@@H]1CCC[C@@H](C)C1)CC2. The molecule has 1 saturated carbocycles. The van der Waals surface area contributed by atoms with E-state index in [1.807, 2.05) is 0 Å². The van der Waals surface area contributed by atoms with E-state index >= 15 is 0 Å². The number of fused-ring (bicyclic) bond motifs is 1. The molecule has 0 amide bonds. The Balaban J connectivity index is 1.78. The molecule has 0 N–H and O–H groups in total. The summed E-state index contributed by atoms with van der Waals surface area (Å²) in [7, 11) is 3.43. The highest BCUT2D eigenvalue weighted by Gasteiger charge is 2.28. The zero-order chi connectivity index (χ0) is 14.8. The van der Waals surface area contributed by atoms with Gasteiger partial charge in [0, 0.05) is 19.1 Å². The highest BCUT2D eigenvalue weighted by molar-refractivity contribution is 5.48. The average Bonchev–Trinajstić information content (AvgIpc) is 2.53. The van der Waals surface area contributed by atoms with Crippen LogP contribution in [0.3, 0.4) is 0 Å². The van der Waals surface area contributed by atoms with E-state index in [4.69, 9.17) is 9.47 Å². The zero-order valence-corrected chi connectivity index (χ0v) is 13.5. The quantitative estimate of drug-likeness (QED) is 0.848. The molecule has 116 valence electrons. The molecule has 1 heterocycles. The number of hydrogen-bond donors (Lipinski definition) is 0. The molecular formula is C18H27NO2. The molecule has 1 aromatic rings. The Labute approximate surface area is 128 Å². The van der Waals surface area contributed by atoms with E-state index in [-0.39, 0.29) is 0 Å². The molecule has 0 spiro atoms. The number of hydrogen-bond acceptors (Lipinski definition) is 3. The maximum Gasteiger partial charge on any atom is 0.161 e. The second-order valence-electron chi connectivity index (χ2n) is 6.62.